The molecule has 0 atom stereocenters. The fourth-order valence-corrected chi connectivity index (χ4v) is 2.59. The second kappa shape index (κ2) is 4.12. The molecule has 0 saturated heterocycles. The Morgan fingerprint density at radius 1 is 1.23 bits per heavy atom. The quantitative estimate of drug-likeness (QED) is 0.670. The van der Waals surface area contributed by atoms with Crippen LogP contribution < -0.4 is 0 Å². The molecule has 0 nitrogen and oxygen atoms in total. The van der Waals surface area contributed by atoms with Gasteiger partial charge >= 0.3 is 0 Å². The molecule has 68 valence electrons. The van der Waals surface area contributed by atoms with E-state index in [1.54, 1.807) is 0 Å². The molecule has 1 heterocycles. The molecule has 0 aliphatic rings. The summed E-state index contributed by atoms with van der Waals surface area (Å²) in [6, 6.07) is 8.66. The van der Waals surface area contributed by atoms with Gasteiger partial charge in [0.1, 0.15) is 0 Å². The maximum Gasteiger partial charge on any atom is 0.0374 e. The molecule has 1 aromatic heterocycles. The number of halogens is 1. The van der Waals surface area contributed by atoms with E-state index in [0.29, 0.717) is 0 Å². The minimum absolute atomic E-state index is 0.752. The van der Waals surface area contributed by atoms with E-state index in [1.807, 2.05) is 11.3 Å². The van der Waals surface area contributed by atoms with E-state index in [1.165, 1.54) is 15.6 Å². The van der Waals surface area contributed by atoms with Gasteiger partial charge in [0.2, 0.25) is 0 Å². The highest BCUT2D eigenvalue weighted by Crippen LogP contribution is 2.25. The average molecular weight is 211 g/mol. The molecule has 2 rings (SSSR count). The molecule has 13 heavy (non-hydrogen) atoms. The summed E-state index contributed by atoms with van der Waals surface area (Å²) in [5, 5.41) is 3.51. The van der Waals surface area contributed by atoms with Crippen molar-refractivity contribution in [3.63, 3.8) is 0 Å². The monoisotopic (exact) mass is 210 g/mol. The molecule has 0 bridgehead atoms. The smallest absolute Gasteiger partial charge is 0.0374 e. The first kappa shape index (κ1) is 9.04. The molecular formula is C11H11ClS. The van der Waals surface area contributed by atoms with Crippen LogP contribution in [0.15, 0.2) is 29.6 Å². The van der Waals surface area contributed by atoms with Gasteiger partial charge in [-0.15, -0.1) is 22.9 Å². The maximum absolute atomic E-state index is 5.68. The van der Waals surface area contributed by atoms with Crippen LogP contribution in [0.25, 0.3) is 10.1 Å². The zero-order valence-electron chi connectivity index (χ0n) is 7.29. The SMILES string of the molecule is ClCCCc1cccc2ccsc12. The summed E-state index contributed by atoms with van der Waals surface area (Å²) in [6.45, 7) is 0. The van der Waals surface area contributed by atoms with E-state index in [0.717, 1.165) is 18.7 Å². The van der Waals surface area contributed by atoms with Crippen LogP contribution in [0, 0.1) is 0 Å². The second-order valence-electron chi connectivity index (χ2n) is 3.05. The molecule has 0 amide bonds. The molecule has 2 heteroatoms. The van der Waals surface area contributed by atoms with Crippen molar-refractivity contribution < 1.29 is 0 Å². The molecule has 0 N–H and O–H groups in total. The number of aryl methyl sites for hydroxylation is 1. The Morgan fingerprint density at radius 2 is 2.15 bits per heavy atom. The summed E-state index contributed by atoms with van der Waals surface area (Å²) in [4.78, 5) is 0. The number of benzene rings is 1. The number of hydrogen-bond donors (Lipinski definition) is 0. The summed E-state index contributed by atoms with van der Waals surface area (Å²) < 4.78 is 1.42. The lowest BCUT2D eigenvalue weighted by Gasteiger charge is -2.00. The van der Waals surface area contributed by atoms with E-state index < -0.39 is 0 Å². The molecule has 1 aromatic carbocycles. The highest BCUT2D eigenvalue weighted by atomic mass is 35.5. The maximum atomic E-state index is 5.68. The summed E-state index contributed by atoms with van der Waals surface area (Å²) in [6.07, 6.45) is 2.17. The lowest BCUT2D eigenvalue weighted by Crippen LogP contribution is -1.85. The van der Waals surface area contributed by atoms with E-state index in [4.69, 9.17) is 11.6 Å². The van der Waals surface area contributed by atoms with Gasteiger partial charge in [0, 0.05) is 10.6 Å². The van der Waals surface area contributed by atoms with Crippen LogP contribution in [0.3, 0.4) is 0 Å². The minimum atomic E-state index is 0.752. The Bertz CT molecular complexity index is 392. The van der Waals surface area contributed by atoms with Crippen LogP contribution in [-0.2, 0) is 6.42 Å². The zero-order valence-corrected chi connectivity index (χ0v) is 8.87. The van der Waals surface area contributed by atoms with Gasteiger partial charge in [-0.25, -0.2) is 0 Å². The number of alkyl halides is 1. The van der Waals surface area contributed by atoms with Gasteiger partial charge in [0.15, 0.2) is 0 Å². The first-order chi connectivity index (χ1) is 6.42. The lowest BCUT2D eigenvalue weighted by atomic mass is 10.1. The predicted octanol–water partition coefficient (Wildman–Crippen LogP) is 4.07. The Kier molecular flexibility index (Phi) is 2.87. The molecule has 0 unspecified atom stereocenters. The fourth-order valence-electron chi connectivity index (χ4n) is 1.51. The fraction of sp³-hybridized carbons (Fsp3) is 0.273. The molecular weight excluding hydrogens is 200 g/mol. The third-order valence-electron chi connectivity index (χ3n) is 2.14. The summed E-state index contributed by atoms with van der Waals surface area (Å²) >= 11 is 7.50. The highest BCUT2D eigenvalue weighted by Gasteiger charge is 2.00. The topological polar surface area (TPSA) is 0 Å². The highest BCUT2D eigenvalue weighted by molar-refractivity contribution is 7.17. The second-order valence-corrected chi connectivity index (χ2v) is 4.34. The van der Waals surface area contributed by atoms with E-state index in [2.05, 4.69) is 29.6 Å². The van der Waals surface area contributed by atoms with Crippen LogP contribution in [0.4, 0.5) is 0 Å². The molecule has 0 saturated carbocycles. The number of thiophene rings is 1. The van der Waals surface area contributed by atoms with Crippen molar-refractivity contribution in [2.24, 2.45) is 0 Å². The van der Waals surface area contributed by atoms with Crippen LogP contribution in [0.1, 0.15) is 12.0 Å². The first-order valence-electron chi connectivity index (χ1n) is 4.43. The van der Waals surface area contributed by atoms with Crippen molar-refractivity contribution in [2.45, 2.75) is 12.8 Å². The van der Waals surface area contributed by atoms with Crippen molar-refractivity contribution in [1.29, 1.82) is 0 Å². The van der Waals surface area contributed by atoms with Gasteiger partial charge in [0.25, 0.3) is 0 Å². The van der Waals surface area contributed by atoms with Crippen LogP contribution in [0.5, 0.6) is 0 Å². The Labute approximate surface area is 87.2 Å². The van der Waals surface area contributed by atoms with Crippen molar-refractivity contribution in [1.82, 2.24) is 0 Å². The largest absolute Gasteiger partial charge is 0.144 e. The molecule has 0 aliphatic carbocycles. The molecule has 2 aromatic rings. The van der Waals surface area contributed by atoms with Crippen LogP contribution >= 0.6 is 22.9 Å². The van der Waals surface area contributed by atoms with Crippen molar-refractivity contribution in [3.8, 4) is 0 Å². The van der Waals surface area contributed by atoms with E-state index >= 15 is 0 Å². The van der Waals surface area contributed by atoms with Gasteiger partial charge in [0.05, 0.1) is 0 Å². The van der Waals surface area contributed by atoms with Crippen LogP contribution in [0.2, 0.25) is 0 Å². The summed E-state index contributed by atoms with van der Waals surface area (Å²) in [5.74, 6) is 0.752. The van der Waals surface area contributed by atoms with E-state index in [-0.39, 0.29) is 0 Å². The van der Waals surface area contributed by atoms with Gasteiger partial charge in [-0.2, -0.15) is 0 Å². The third-order valence-corrected chi connectivity index (χ3v) is 3.41. The zero-order chi connectivity index (χ0) is 9.10. The Hall–Kier alpha value is -0.530. The van der Waals surface area contributed by atoms with Crippen molar-refractivity contribution in [2.75, 3.05) is 5.88 Å². The minimum Gasteiger partial charge on any atom is -0.144 e. The Morgan fingerprint density at radius 3 is 3.00 bits per heavy atom. The number of hydrogen-bond acceptors (Lipinski definition) is 1. The van der Waals surface area contributed by atoms with Gasteiger partial charge in [-0.05, 0) is 35.2 Å². The predicted molar refractivity (Wildman–Crippen MR) is 60.9 cm³/mol. The molecule has 0 radical (unpaired) electrons. The van der Waals surface area contributed by atoms with Gasteiger partial charge < -0.3 is 0 Å². The van der Waals surface area contributed by atoms with Gasteiger partial charge in [-0.3, -0.25) is 0 Å². The van der Waals surface area contributed by atoms with Crippen LogP contribution in [-0.4, -0.2) is 5.88 Å². The van der Waals surface area contributed by atoms with Gasteiger partial charge in [-0.1, -0.05) is 18.2 Å². The molecule has 0 aliphatic heterocycles. The van der Waals surface area contributed by atoms with Crippen molar-refractivity contribution in [3.05, 3.63) is 35.2 Å². The third kappa shape index (κ3) is 1.87. The number of fused-ring (bicyclic) bond motifs is 1. The normalized spacial score (nSPS) is 10.8. The Balaban J connectivity index is 2.37. The molecule has 0 spiro atoms. The molecule has 0 fully saturated rings. The summed E-state index contributed by atoms with van der Waals surface area (Å²) in [7, 11) is 0. The average Bonchev–Trinajstić information content (AvgIpc) is 2.62. The van der Waals surface area contributed by atoms with E-state index in [9.17, 15) is 0 Å². The summed E-state index contributed by atoms with van der Waals surface area (Å²) in [5.41, 5.74) is 1.44. The first-order valence-corrected chi connectivity index (χ1v) is 5.84. The number of rotatable bonds is 3. The van der Waals surface area contributed by atoms with Crippen molar-refractivity contribution >= 4 is 33.0 Å². The lowest BCUT2D eigenvalue weighted by molar-refractivity contribution is 0.938. The standard InChI is InChI=1S/C11H11ClS/c12-7-2-5-9-3-1-4-10-6-8-13-11(9)10/h1,3-4,6,8H,2,5,7H2.